The Morgan fingerprint density at radius 3 is 1.06 bits per heavy atom. The molecular weight excluding hydrogens is 577 g/mol. The first kappa shape index (κ1) is 29.2. The maximum Gasteiger partial charge on any atom is -0.00137 e. The van der Waals surface area contributed by atoms with Crippen LogP contribution in [0.15, 0.2) is 121 Å². The molecule has 9 rings (SSSR count). The molecule has 0 spiro atoms. The van der Waals surface area contributed by atoms with Crippen molar-refractivity contribution in [3.05, 3.63) is 132 Å². The lowest BCUT2D eigenvalue weighted by Crippen LogP contribution is -1.86. The maximum absolute atomic E-state index is 2.44. The summed E-state index contributed by atoms with van der Waals surface area (Å²) < 4.78 is 0. The minimum absolute atomic E-state index is 1.17. The Morgan fingerprint density at radius 1 is 0.312 bits per heavy atom. The lowest BCUT2D eigenvalue weighted by atomic mass is 9.95. The van der Waals surface area contributed by atoms with E-state index in [-0.39, 0.29) is 0 Å². The number of benzene rings is 7. The van der Waals surface area contributed by atoms with Gasteiger partial charge in [0.1, 0.15) is 0 Å². The molecule has 0 saturated carbocycles. The zero-order chi connectivity index (χ0) is 32.2. The van der Waals surface area contributed by atoms with Crippen molar-refractivity contribution in [1.82, 2.24) is 0 Å². The van der Waals surface area contributed by atoms with Crippen LogP contribution < -0.4 is 0 Å². The summed E-state index contributed by atoms with van der Waals surface area (Å²) in [6.07, 6.45) is 10.0. The Hall–Kier alpha value is -4.94. The monoisotopic (exact) mass is 618 g/mol. The average molecular weight is 619 g/mol. The van der Waals surface area contributed by atoms with Crippen molar-refractivity contribution in [1.29, 1.82) is 0 Å². The Balaban J connectivity index is 1.19. The van der Waals surface area contributed by atoms with Crippen LogP contribution in [0.2, 0.25) is 0 Å². The van der Waals surface area contributed by atoms with Gasteiger partial charge in [0, 0.05) is 0 Å². The fourth-order valence-electron chi connectivity index (χ4n) is 8.55. The van der Waals surface area contributed by atoms with Crippen molar-refractivity contribution in [2.75, 3.05) is 0 Å². The van der Waals surface area contributed by atoms with Crippen LogP contribution in [-0.4, -0.2) is 0 Å². The summed E-state index contributed by atoms with van der Waals surface area (Å²) in [4.78, 5) is 0. The van der Waals surface area contributed by atoms with Crippen LogP contribution in [0.4, 0.5) is 0 Å². The van der Waals surface area contributed by atoms with E-state index in [1.807, 2.05) is 0 Å². The Kier molecular flexibility index (Phi) is 7.27. The first-order valence-electron chi connectivity index (χ1n) is 18.2. The van der Waals surface area contributed by atoms with Gasteiger partial charge in [-0.1, -0.05) is 149 Å². The molecule has 0 aliphatic carbocycles. The summed E-state index contributed by atoms with van der Waals surface area (Å²) in [5, 5.41) is 16.5. The molecule has 9 aromatic carbocycles. The summed E-state index contributed by atoms with van der Waals surface area (Å²) in [5.74, 6) is 0. The summed E-state index contributed by atoms with van der Waals surface area (Å²) >= 11 is 0. The van der Waals surface area contributed by atoms with Crippen molar-refractivity contribution in [2.45, 2.75) is 65.2 Å². The molecule has 0 radical (unpaired) electrons. The highest BCUT2D eigenvalue weighted by Gasteiger charge is 2.22. The number of fused-ring (bicyclic) bond motifs is 8. The Labute approximate surface area is 283 Å². The quantitative estimate of drug-likeness (QED) is 0.106. The molecule has 48 heavy (non-hydrogen) atoms. The molecule has 0 aliphatic heterocycles. The zero-order valence-corrected chi connectivity index (χ0v) is 28.2. The van der Waals surface area contributed by atoms with Crippen molar-refractivity contribution < 1.29 is 0 Å². The van der Waals surface area contributed by atoms with Crippen LogP contribution in [-0.2, 0) is 12.8 Å². The van der Waals surface area contributed by atoms with Gasteiger partial charge < -0.3 is 0 Å². The predicted octanol–water partition coefficient (Wildman–Crippen LogP) is 14.3. The fraction of sp³-hybridized carbons (Fsp3) is 0.208. The molecule has 0 fully saturated rings. The van der Waals surface area contributed by atoms with Crippen LogP contribution in [0, 0.1) is 0 Å². The van der Waals surface area contributed by atoms with Crippen molar-refractivity contribution in [3.8, 4) is 22.3 Å². The predicted molar refractivity (Wildman–Crippen MR) is 211 cm³/mol. The molecule has 9 aromatic rings. The second-order valence-corrected chi connectivity index (χ2v) is 14.0. The molecule has 0 aliphatic rings. The summed E-state index contributed by atoms with van der Waals surface area (Å²) in [7, 11) is 0. The first-order chi connectivity index (χ1) is 23.7. The molecule has 234 valence electrons. The van der Waals surface area contributed by atoms with E-state index in [4.69, 9.17) is 0 Å². The van der Waals surface area contributed by atoms with Gasteiger partial charge in [-0.3, -0.25) is 0 Å². The van der Waals surface area contributed by atoms with E-state index in [1.54, 1.807) is 0 Å². The molecule has 0 amide bonds. The van der Waals surface area contributed by atoms with E-state index in [1.165, 1.54) is 149 Å². The lowest BCUT2D eigenvalue weighted by Gasteiger charge is -2.07. The van der Waals surface area contributed by atoms with Gasteiger partial charge in [-0.25, -0.2) is 0 Å². The third-order valence-corrected chi connectivity index (χ3v) is 11.0. The number of unbranched alkanes of at least 4 members (excludes halogenated alkanes) is 4. The molecule has 0 atom stereocenters. The van der Waals surface area contributed by atoms with Gasteiger partial charge in [0.05, 0.1) is 0 Å². The second-order valence-electron chi connectivity index (χ2n) is 14.0. The van der Waals surface area contributed by atoms with E-state index < -0.39 is 0 Å². The SMILES string of the molecule is CCCCCc1ccc(-c2ccc3c(c2)c2cccc4c2c3c2cccc3c5cc(-c6ccc(CCCCC)cc6)ccc5c4c32)cc1. The zero-order valence-electron chi connectivity index (χ0n) is 28.2. The van der Waals surface area contributed by atoms with Crippen molar-refractivity contribution >= 4 is 64.6 Å². The topological polar surface area (TPSA) is 0 Å². The van der Waals surface area contributed by atoms with E-state index in [0.717, 1.165) is 0 Å². The molecule has 0 nitrogen and oxygen atoms in total. The largest absolute Gasteiger partial charge is 0.0654 e. The van der Waals surface area contributed by atoms with Crippen LogP contribution in [0.1, 0.15) is 63.5 Å². The summed E-state index contributed by atoms with van der Waals surface area (Å²) in [6.45, 7) is 4.54. The number of hydrogen-bond donors (Lipinski definition) is 0. The fourth-order valence-corrected chi connectivity index (χ4v) is 8.55. The normalized spacial score (nSPS) is 12.2. The number of rotatable bonds is 10. The first-order valence-corrected chi connectivity index (χ1v) is 18.2. The maximum atomic E-state index is 2.44. The number of aryl methyl sites for hydroxylation is 2. The van der Waals surface area contributed by atoms with Gasteiger partial charge in [0.25, 0.3) is 0 Å². The van der Waals surface area contributed by atoms with Crippen molar-refractivity contribution in [3.63, 3.8) is 0 Å². The third-order valence-electron chi connectivity index (χ3n) is 11.0. The van der Waals surface area contributed by atoms with Gasteiger partial charge in [0.15, 0.2) is 0 Å². The van der Waals surface area contributed by atoms with Gasteiger partial charge in [-0.05, 0) is 136 Å². The highest BCUT2D eigenvalue weighted by molar-refractivity contribution is 6.47. The van der Waals surface area contributed by atoms with E-state index in [2.05, 4.69) is 135 Å². The standard InChI is InChI=1S/C48H42/c1-3-5-7-11-31-17-21-33(22-18-31)35-25-27-39-43(29-35)37-13-9-15-41-45(37)47(39)42-16-10-14-38-44-30-36(26-28-40(44)48(41)46(38)42)34-23-19-32(20-24-34)12-8-6-4-2/h9-10,13-30H,3-8,11-12H2,1-2H3. The molecule has 0 heterocycles. The smallest absolute Gasteiger partial charge is 0.00137 e. The molecule has 0 bridgehead atoms. The molecule has 0 N–H and O–H groups in total. The minimum atomic E-state index is 1.17. The van der Waals surface area contributed by atoms with Crippen LogP contribution in [0.3, 0.4) is 0 Å². The molecule has 0 unspecified atom stereocenters. The van der Waals surface area contributed by atoms with Crippen molar-refractivity contribution in [2.24, 2.45) is 0 Å². The minimum Gasteiger partial charge on any atom is -0.0654 e. The Morgan fingerprint density at radius 2 is 0.667 bits per heavy atom. The highest BCUT2D eigenvalue weighted by Crippen LogP contribution is 2.50. The third kappa shape index (κ3) is 4.65. The second kappa shape index (κ2) is 11.9. The van der Waals surface area contributed by atoms with E-state index in [9.17, 15) is 0 Å². The van der Waals surface area contributed by atoms with Gasteiger partial charge in [-0.15, -0.1) is 0 Å². The molecular formula is C48H42. The molecule has 0 aromatic heterocycles. The average Bonchev–Trinajstić information content (AvgIpc) is 3.65. The van der Waals surface area contributed by atoms with Gasteiger partial charge in [0.2, 0.25) is 0 Å². The van der Waals surface area contributed by atoms with Gasteiger partial charge in [-0.2, -0.15) is 0 Å². The Bertz CT molecular complexity index is 2370. The van der Waals surface area contributed by atoms with Crippen LogP contribution >= 0.6 is 0 Å². The molecule has 0 saturated heterocycles. The van der Waals surface area contributed by atoms with E-state index in [0.29, 0.717) is 0 Å². The summed E-state index contributed by atoms with van der Waals surface area (Å²) in [5.41, 5.74) is 8.07. The molecule has 0 heteroatoms. The lowest BCUT2D eigenvalue weighted by molar-refractivity contribution is 0.717. The van der Waals surface area contributed by atoms with Crippen LogP contribution in [0.5, 0.6) is 0 Å². The van der Waals surface area contributed by atoms with Gasteiger partial charge >= 0.3 is 0 Å². The highest BCUT2D eigenvalue weighted by atomic mass is 14.2. The number of hydrogen-bond acceptors (Lipinski definition) is 0. The summed E-state index contributed by atoms with van der Waals surface area (Å²) in [6, 6.07) is 46.8. The van der Waals surface area contributed by atoms with E-state index >= 15 is 0 Å². The van der Waals surface area contributed by atoms with Crippen LogP contribution in [0.25, 0.3) is 86.9 Å².